The molecule has 0 saturated heterocycles. The van der Waals surface area contributed by atoms with Crippen molar-refractivity contribution in [3.05, 3.63) is 39.0 Å². The molecule has 0 aliphatic heterocycles. The van der Waals surface area contributed by atoms with Gasteiger partial charge in [-0.05, 0) is 40.2 Å². The van der Waals surface area contributed by atoms with E-state index in [1.165, 1.54) is 43.1 Å². The molecule has 1 heterocycles. The first-order valence-electron chi connectivity index (χ1n) is 5.91. The minimum absolute atomic E-state index is 0.0576. The number of nitrogens with one attached hydrogen (secondary N) is 1. The largest absolute Gasteiger partial charge is 0.497 e. The van der Waals surface area contributed by atoms with Gasteiger partial charge in [-0.2, -0.15) is 0 Å². The number of carbonyl (C=O) groups excluding carboxylic acids is 1. The van der Waals surface area contributed by atoms with Gasteiger partial charge in [-0.1, -0.05) is 0 Å². The summed E-state index contributed by atoms with van der Waals surface area (Å²) in [6.07, 6.45) is 0. The number of benzene rings is 1. The van der Waals surface area contributed by atoms with E-state index in [2.05, 4.69) is 25.4 Å². The van der Waals surface area contributed by atoms with E-state index in [9.17, 15) is 13.2 Å². The van der Waals surface area contributed by atoms with Gasteiger partial charge in [-0.15, -0.1) is 11.3 Å². The minimum atomic E-state index is -3.83. The van der Waals surface area contributed by atoms with Crippen LogP contribution in [0.5, 0.6) is 5.75 Å². The molecule has 0 unspecified atom stereocenters. The van der Waals surface area contributed by atoms with Crippen LogP contribution in [0, 0.1) is 0 Å². The van der Waals surface area contributed by atoms with Gasteiger partial charge < -0.3 is 9.47 Å². The molecule has 1 aromatic carbocycles. The Bertz CT molecular complexity index is 783. The lowest BCUT2D eigenvalue weighted by molar-refractivity contribution is 0.0602. The van der Waals surface area contributed by atoms with Gasteiger partial charge in [-0.3, -0.25) is 4.72 Å². The molecule has 1 aromatic heterocycles. The van der Waals surface area contributed by atoms with Crippen molar-refractivity contribution >= 4 is 48.9 Å². The number of halogens is 1. The second kappa shape index (κ2) is 6.67. The molecule has 0 saturated carbocycles. The summed E-state index contributed by atoms with van der Waals surface area (Å²) in [6, 6.07) is 5.91. The lowest BCUT2D eigenvalue weighted by Gasteiger charge is -2.09. The summed E-state index contributed by atoms with van der Waals surface area (Å²) in [6.45, 7) is 0. The molecule has 118 valence electrons. The fourth-order valence-electron chi connectivity index (χ4n) is 1.64. The molecular weight excluding hydrogens is 394 g/mol. The second-order valence-electron chi connectivity index (χ2n) is 4.07. The van der Waals surface area contributed by atoms with Crippen molar-refractivity contribution in [2.75, 3.05) is 18.9 Å². The third-order valence-corrected chi connectivity index (χ3v) is 5.85. The lowest BCUT2D eigenvalue weighted by atomic mass is 10.3. The predicted octanol–water partition coefficient (Wildman–Crippen LogP) is 3.11. The smallest absolute Gasteiger partial charge is 0.340 e. The highest BCUT2D eigenvalue weighted by atomic mass is 79.9. The predicted molar refractivity (Wildman–Crippen MR) is 87.2 cm³/mol. The van der Waals surface area contributed by atoms with Gasteiger partial charge >= 0.3 is 5.97 Å². The number of sulfonamides is 1. The zero-order valence-corrected chi connectivity index (χ0v) is 14.8. The van der Waals surface area contributed by atoms with Gasteiger partial charge in [0, 0.05) is 5.38 Å². The molecule has 0 atom stereocenters. The third-order valence-electron chi connectivity index (χ3n) is 2.76. The van der Waals surface area contributed by atoms with E-state index in [1.54, 1.807) is 12.1 Å². The Balaban J connectivity index is 2.36. The van der Waals surface area contributed by atoms with E-state index in [0.29, 0.717) is 9.54 Å². The lowest BCUT2D eigenvalue weighted by Crippen LogP contribution is -2.15. The number of ether oxygens (including phenoxy) is 2. The quantitative estimate of drug-likeness (QED) is 0.772. The Morgan fingerprint density at radius 3 is 2.41 bits per heavy atom. The molecule has 0 radical (unpaired) electrons. The van der Waals surface area contributed by atoms with Crippen LogP contribution in [0.4, 0.5) is 5.69 Å². The number of methoxy groups -OCH3 is 2. The van der Waals surface area contributed by atoms with Crippen LogP contribution in [0.25, 0.3) is 0 Å². The van der Waals surface area contributed by atoms with Gasteiger partial charge in [0.2, 0.25) is 0 Å². The number of carbonyl (C=O) groups is 1. The molecule has 6 nitrogen and oxygen atoms in total. The van der Waals surface area contributed by atoms with Gasteiger partial charge in [-0.25, -0.2) is 13.2 Å². The van der Waals surface area contributed by atoms with Crippen LogP contribution in [0.2, 0.25) is 0 Å². The maximum absolute atomic E-state index is 12.4. The van der Waals surface area contributed by atoms with Crippen molar-refractivity contribution in [1.82, 2.24) is 0 Å². The summed E-state index contributed by atoms with van der Waals surface area (Å²) in [5.74, 6) is -0.0692. The monoisotopic (exact) mass is 405 g/mol. The molecule has 2 rings (SSSR count). The molecule has 2 aromatic rings. The first-order valence-corrected chi connectivity index (χ1v) is 9.07. The third kappa shape index (κ3) is 3.42. The summed E-state index contributed by atoms with van der Waals surface area (Å²) >= 11 is 4.41. The van der Waals surface area contributed by atoms with E-state index in [1.807, 2.05) is 0 Å². The zero-order valence-electron chi connectivity index (χ0n) is 11.6. The molecular formula is C13H12BrNO5S2. The molecule has 0 amide bonds. The first-order chi connectivity index (χ1) is 10.4. The van der Waals surface area contributed by atoms with Crippen molar-refractivity contribution in [2.24, 2.45) is 0 Å². The molecule has 22 heavy (non-hydrogen) atoms. The van der Waals surface area contributed by atoms with Crippen LogP contribution >= 0.6 is 27.3 Å². The highest BCUT2D eigenvalue weighted by Crippen LogP contribution is 2.35. The Labute approximate surface area is 140 Å². The first kappa shape index (κ1) is 16.8. The summed E-state index contributed by atoms with van der Waals surface area (Å²) in [7, 11) is -1.11. The van der Waals surface area contributed by atoms with Gasteiger partial charge in [0.15, 0.2) is 0 Å². The molecule has 1 N–H and O–H groups in total. The number of esters is 1. The Morgan fingerprint density at radius 1 is 1.23 bits per heavy atom. The number of hydrogen-bond acceptors (Lipinski definition) is 6. The highest BCUT2D eigenvalue weighted by Gasteiger charge is 2.23. The molecule has 0 aliphatic rings. The standard InChI is InChI=1S/C13H12BrNO5S2/c1-19-8-3-5-9(6-4-8)22(17,18)15-11-10(13(16)20-2)7-21-12(11)14/h3-7,15H,1-2H3. The van der Waals surface area contributed by atoms with Crippen molar-refractivity contribution in [3.8, 4) is 5.75 Å². The molecule has 0 fully saturated rings. The maximum Gasteiger partial charge on any atom is 0.340 e. The summed E-state index contributed by atoms with van der Waals surface area (Å²) in [5.41, 5.74) is 0.309. The number of anilines is 1. The van der Waals surface area contributed by atoms with E-state index in [0.717, 1.165) is 0 Å². The second-order valence-corrected chi connectivity index (χ2v) is 7.95. The molecule has 9 heteroatoms. The van der Waals surface area contributed by atoms with Crippen LogP contribution in [0.3, 0.4) is 0 Å². The molecule has 0 aliphatic carbocycles. The Kier molecular flexibility index (Phi) is 5.09. The Hall–Kier alpha value is -1.58. The molecule has 0 spiro atoms. The normalized spacial score (nSPS) is 11.0. The van der Waals surface area contributed by atoms with Crippen LogP contribution in [-0.4, -0.2) is 28.6 Å². The summed E-state index contributed by atoms with van der Waals surface area (Å²) in [5, 5.41) is 1.52. The average Bonchev–Trinajstić information content (AvgIpc) is 2.87. The van der Waals surface area contributed by atoms with Crippen LogP contribution in [0.1, 0.15) is 10.4 Å². The van der Waals surface area contributed by atoms with Crippen molar-refractivity contribution in [2.45, 2.75) is 4.90 Å². The fraction of sp³-hybridized carbons (Fsp3) is 0.154. The van der Waals surface area contributed by atoms with Crippen molar-refractivity contribution in [1.29, 1.82) is 0 Å². The summed E-state index contributed by atoms with van der Waals surface area (Å²) < 4.78 is 37.3. The zero-order chi connectivity index (χ0) is 16.3. The summed E-state index contributed by atoms with van der Waals surface area (Å²) in [4.78, 5) is 11.7. The van der Waals surface area contributed by atoms with E-state index < -0.39 is 16.0 Å². The van der Waals surface area contributed by atoms with E-state index >= 15 is 0 Å². The van der Waals surface area contributed by atoms with Crippen LogP contribution < -0.4 is 9.46 Å². The van der Waals surface area contributed by atoms with E-state index in [4.69, 9.17) is 4.74 Å². The van der Waals surface area contributed by atoms with Gasteiger partial charge in [0.25, 0.3) is 10.0 Å². The van der Waals surface area contributed by atoms with E-state index in [-0.39, 0.29) is 16.1 Å². The SMILES string of the molecule is COC(=O)c1csc(Br)c1NS(=O)(=O)c1ccc(OC)cc1. The van der Waals surface area contributed by atoms with Crippen LogP contribution in [-0.2, 0) is 14.8 Å². The average molecular weight is 406 g/mol. The number of hydrogen-bond donors (Lipinski definition) is 1. The van der Waals surface area contributed by atoms with Crippen molar-refractivity contribution < 1.29 is 22.7 Å². The number of thiophene rings is 1. The topological polar surface area (TPSA) is 81.7 Å². The molecule has 0 bridgehead atoms. The maximum atomic E-state index is 12.4. The minimum Gasteiger partial charge on any atom is -0.497 e. The number of rotatable bonds is 5. The van der Waals surface area contributed by atoms with Crippen molar-refractivity contribution in [3.63, 3.8) is 0 Å². The van der Waals surface area contributed by atoms with Gasteiger partial charge in [0.1, 0.15) is 5.75 Å². The van der Waals surface area contributed by atoms with Gasteiger partial charge in [0.05, 0.1) is 34.2 Å². The highest BCUT2D eigenvalue weighted by molar-refractivity contribution is 9.11. The fourth-order valence-corrected chi connectivity index (χ4v) is 4.23. The van der Waals surface area contributed by atoms with Crippen LogP contribution in [0.15, 0.2) is 38.3 Å². The Morgan fingerprint density at radius 2 is 1.86 bits per heavy atom.